The number of primary amides is 1. The zero-order valence-electron chi connectivity index (χ0n) is 11.1. The van der Waals surface area contributed by atoms with Crippen molar-refractivity contribution in [2.45, 2.75) is 38.6 Å². The number of amides is 1. The lowest BCUT2D eigenvalue weighted by Crippen LogP contribution is -2.33. The molecule has 0 saturated carbocycles. The first-order valence-electron chi connectivity index (χ1n) is 6.63. The summed E-state index contributed by atoms with van der Waals surface area (Å²) in [4.78, 5) is 15.9. The van der Waals surface area contributed by atoms with Crippen LogP contribution in [0.5, 0.6) is 0 Å². The SMILES string of the molecule is CC(C)C(C(N)=O)n1cncc1C1CCNCC1. The standard InChI is InChI=1S/C13H22N4O/c1-9(2)12(13(14)18)17-8-16-7-11(17)10-3-5-15-6-4-10/h7-10,12,15H,3-6H2,1-2H3,(H2,14,18). The average molecular weight is 250 g/mol. The Morgan fingerprint density at radius 2 is 2.17 bits per heavy atom. The summed E-state index contributed by atoms with van der Waals surface area (Å²) in [6, 6.07) is -0.294. The molecule has 1 aromatic rings. The van der Waals surface area contributed by atoms with Crippen LogP contribution in [0.4, 0.5) is 0 Å². The van der Waals surface area contributed by atoms with Crippen molar-refractivity contribution in [2.24, 2.45) is 11.7 Å². The van der Waals surface area contributed by atoms with Crippen molar-refractivity contribution < 1.29 is 4.79 Å². The van der Waals surface area contributed by atoms with E-state index < -0.39 is 0 Å². The lowest BCUT2D eigenvalue weighted by atomic mass is 9.93. The van der Waals surface area contributed by atoms with Gasteiger partial charge < -0.3 is 15.6 Å². The molecule has 100 valence electrons. The first kappa shape index (κ1) is 13.1. The van der Waals surface area contributed by atoms with E-state index in [1.54, 1.807) is 6.33 Å². The van der Waals surface area contributed by atoms with E-state index >= 15 is 0 Å². The van der Waals surface area contributed by atoms with Gasteiger partial charge in [-0.05, 0) is 31.8 Å². The van der Waals surface area contributed by atoms with Gasteiger partial charge in [0.15, 0.2) is 0 Å². The summed E-state index contributed by atoms with van der Waals surface area (Å²) in [5, 5.41) is 3.35. The van der Waals surface area contributed by atoms with Crippen molar-refractivity contribution in [1.82, 2.24) is 14.9 Å². The molecule has 0 bridgehead atoms. The Balaban J connectivity index is 2.27. The van der Waals surface area contributed by atoms with E-state index in [1.807, 2.05) is 24.6 Å². The van der Waals surface area contributed by atoms with Crippen molar-refractivity contribution in [2.75, 3.05) is 13.1 Å². The van der Waals surface area contributed by atoms with Gasteiger partial charge in [-0.2, -0.15) is 0 Å². The molecule has 2 heterocycles. The fourth-order valence-corrected chi connectivity index (χ4v) is 2.77. The van der Waals surface area contributed by atoms with Crippen molar-refractivity contribution in [1.29, 1.82) is 0 Å². The largest absolute Gasteiger partial charge is 0.368 e. The van der Waals surface area contributed by atoms with Gasteiger partial charge in [0.05, 0.1) is 6.33 Å². The first-order valence-corrected chi connectivity index (χ1v) is 6.63. The van der Waals surface area contributed by atoms with Gasteiger partial charge in [-0.25, -0.2) is 4.98 Å². The number of piperidine rings is 1. The highest BCUT2D eigenvalue weighted by molar-refractivity contribution is 5.78. The average Bonchev–Trinajstić information content (AvgIpc) is 2.78. The normalized spacial score (nSPS) is 19.1. The zero-order valence-corrected chi connectivity index (χ0v) is 11.1. The number of nitrogens with zero attached hydrogens (tertiary/aromatic N) is 2. The summed E-state index contributed by atoms with van der Waals surface area (Å²) < 4.78 is 1.98. The fourth-order valence-electron chi connectivity index (χ4n) is 2.77. The molecule has 1 aromatic heterocycles. The van der Waals surface area contributed by atoms with Gasteiger partial charge in [-0.3, -0.25) is 4.79 Å². The molecular weight excluding hydrogens is 228 g/mol. The lowest BCUT2D eigenvalue weighted by Gasteiger charge is -2.27. The number of nitrogens with two attached hydrogens (primary N) is 1. The molecule has 3 N–H and O–H groups in total. The summed E-state index contributed by atoms with van der Waals surface area (Å²) in [7, 11) is 0. The fraction of sp³-hybridized carbons (Fsp3) is 0.692. The number of rotatable bonds is 4. The quantitative estimate of drug-likeness (QED) is 0.838. The van der Waals surface area contributed by atoms with Gasteiger partial charge in [-0.1, -0.05) is 13.8 Å². The molecule has 2 rings (SSSR count). The Morgan fingerprint density at radius 3 is 2.72 bits per heavy atom. The molecule has 18 heavy (non-hydrogen) atoms. The molecule has 1 amide bonds. The number of nitrogens with one attached hydrogen (secondary N) is 1. The third-order valence-electron chi connectivity index (χ3n) is 3.68. The molecule has 5 heteroatoms. The van der Waals surface area contributed by atoms with Crippen LogP contribution in [0.3, 0.4) is 0 Å². The second-order valence-electron chi connectivity index (χ2n) is 5.34. The Labute approximate surface area is 108 Å². The van der Waals surface area contributed by atoms with Crippen LogP contribution in [0.25, 0.3) is 0 Å². The maximum atomic E-state index is 11.6. The van der Waals surface area contributed by atoms with Gasteiger partial charge in [0.25, 0.3) is 0 Å². The molecule has 0 radical (unpaired) electrons. The third kappa shape index (κ3) is 2.56. The van der Waals surface area contributed by atoms with Crippen molar-refractivity contribution in [3.63, 3.8) is 0 Å². The molecule has 1 fully saturated rings. The second-order valence-corrected chi connectivity index (χ2v) is 5.34. The van der Waals surface area contributed by atoms with Gasteiger partial charge >= 0.3 is 0 Å². The summed E-state index contributed by atoms with van der Waals surface area (Å²) in [6.45, 7) is 6.08. The molecular formula is C13H22N4O. The zero-order chi connectivity index (χ0) is 13.1. The molecule has 5 nitrogen and oxygen atoms in total. The Kier molecular flexibility index (Phi) is 4.01. The molecule has 0 spiro atoms. The molecule has 1 atom stereocenters. The minimum absolute atomic E-state index is 0.178. The van der Waals surface area contributed by atoms with Crippen LogP contribution < -0.4 is 11.1 Å². The van der Waals surface area contributed by atoms with E-state index in [4.69, 9.17) is 5.73 Å². The first-order chi connectivity index (χ1) is 8.61. The van der Waals surface area contributed by atoms with Crippen molar-refractivity contribution in [3.8, 4) is 0 Å². The molecule has 0 aromatic carbocycles. The topological polar surface area (TPSA) is 72.9 Å². The predicted octanol–water partition coefficient (Wildman–Crippen LogP) is 1.03. The van der Waals surface area contributed by atoms with Crippen LogP contribution in [0.15, 0.2) is 12.5 Å². The smallest absolute Gasteiger partial charge is 0.240 e. The van der Waals surface area contributed by atoms with Gasteiger partial charge in [0.1, 0.15) is 6.04 Å². The van der Waals surface area contributed by atoms with Crippen LogP contribution in [-0.4, -0.2) is 28.5 Å². The number of carbonyl (C=O) groups excluding carboxylic acids is 1. The van der Waals surface area contributed by atoms with Gasteiger partial charge in [-0.15, -0.1) is 0 Å². The van der Waals surface area contributed by atoms with E-state index in [0.717, 1.165) is 31.6 Å². The van der Waals surface area contributed by atoms with E-state index in [0.29, 0.717) is 5.92 Å². The molecule has 1 saturated heterocycles. The van der Waals surface area contributed by atoms with Gasteiger partial charge in [0, 0.05) is 17.8 Å². The number of hydrogen-bond acceptors (Lipinski definition) is 3. The lowest BCUT2D eigenvalue weighted by molar-refractivity contribution is -0.122. The minimum Gasteiger partial charge on any atom is -0.368 e. The summed E-state index contributed by atoms with van der Waals surface area (Å²) in [5.41, 5.74) is 6.67. The molecule has 1 aliphatic heterocycles. The van der Waals surface area contributed by atoms with Crippen LogP contribution in [0.2, 0.25) is 0 Å². The molecule has 1 aliphatic rings. The highest BCUT2D eigenvalue weighted by Crippen LogP contribution is 2.29. The minimum atomic E-state index is -0.294. The van der Waals surface area contributed by atoms with Crippen LogP contribution in [0, 0.1) is 5.92 Å². The van der Waals surface area contributed by atoms with Crippen molar-refractivity contribution >= 4 is 5.91 Å². The maximum Gasteiger partial charge on any atom is 0.240 e. The maximum absolute atomic E-state index is 11.6. The predicted molar refractivity (Wildman–Crippen MR) is 70.1 cm³/mol. The highest BCUT2D eigenvalue weighted by Gasteiger charge is 2.27. The van der Waals surface area contributed by atoms with Crippen LogP contribution in [-0.2, 0) is 4.79 Å². The summed E-state index contributed by atoms with van der Waals surface area (Å²) in [6.07, 6.45) is 5.81. The third-order valence-corrected chi connectivity index (χ3v) is 3.68. The van der Waals surface area contributed by atoms with E-state index in [1.165, 1.54) is 0 Å². The molecule has 1 unspecified atom stereocenters. The van der Waals surface area contributed by atoms with Crippen molar-refractivity contribution in [3.05, 3.63) is 18.2 Å². The second kappa shape index (κ2) is 5.52. The van der Waals surface area contributed by atoms with E-state index in [-0.39, 0.29) is 17.9 Å². The number of carbonyl (C=O) groups is 1. The van der Waals surface area contributed by atoms with Gasteiger partial charge in [0.2, 0.25) is 5.91 Å². The monoisotopic (exact) mass is 250 g/mol. The Bertz CT molecular complexity index is 407. The summed E-state index contributed by atoms with van der Waals surface area (Å²) >= 11 is 0. The van der Waals surface area contributed by atoms with E-state index in [9.17, 15) is 4.79 Å². The molecule has 0 aliphatic carbocycles. The number of aromatic nitrogens is 2. The van der Waals surface area contributed by atoms with Crippen LogP contribution in [0.1, 0.15) is 44.3 Å². The Hall–Kier alpha value is -1.36. The number of imidazole rings is 1. The highest BCUT2D eigenvalue weighted by atomic mass is 16.1. The van der Waals surface area contributed by atoms with E-state index in [2.05, 4.69) is 10.3 Å². The Morgan fingerprint density at radius 1 is 1.50 bits per heavy atom. The number of hydrogen-bond donors (Lipinski definition) is 2. The van der Waals surface area contributed by atoms with Crippen LogP contribution >= 0.6 is 0 Å². The summed E-state index contributed by atoms with van der Waals surface area (Å²) in [5.74, 6) is 0.379.